The number of alkyl halides is 10. The molecule has 1 rings (SSSR count). The Hall–Kier alpha value is -0.700. The lowest BCUT2D eigenvalue weighted by molar-refractivity contribution is -0.506. The van der Waals surface area contributed by atoms with Gasteiger partial charge in [-0.05, 0) is 13.8 Å². The summed E-state index contributed by atoms with van der Waals surface area (Å²) in [5.41, 5.74) is 0. The molecule has 0 aromatic heterocycles. The Morgan fingerprint density at radius 2 is 0.588 bits per heavy atom. The van der Waals surface area contributed by atoms with Gasteiger partial charge in [-0.3, -0.25) is 0 Å². The lowest BCUT2D eigenvalue weighted by Gasteiger charge is -2.49. The highest BCUT2D eigenvalue weighted by molar-refractivity contribution is 5.22. The van der Waals surface area contributed by atoms with E-state index in [1.54, 1.807) is 0 Å². The normalized spacial score (nSPS) is 27.5. The van der Waals surface area contributed by atoms with Crippen LogP contribution in [0.5, 0.6) is 0 Å². The second-order valence-electron chi connectivity index (χ2n) is 3.62. The van der Waals surface area contributed by atoms with Crippen molar-refractivity contribution in [3.63, 3.8) is 0 Å². The van der Waals surface area contributed by atoms with Crippen molar-refractivity contribution in [2.75, 3.05) is 0 Å². The highest BCUT2D eigenvalue weighted by atomic mass is 19.4. The summed E-state index contributed by atoms with van der Waals surface area (Å²) in [6.07, 6.45) is 0. The molecule has 10 heteroatoms. The van der Waals surface area contributed by atoms with Crippen molar-refractivity contribution in [1.82, 2.24) is 0 Å². The Kier molecular flexibility index (Phi) is 3.49. The topological polar surface area (TPSA) is 0 Å². The Labute approximate surface area is 88.6 Å². The lowest BCUT2D eigenvalue weighted by Crippen LogP contribution is -2.82. The van der Waals surface area contributed by atoms with Gasteiger partial charge in [0.15, 0.2) is 0 Å². The van der Waals surface area contributed by atoms with Gasteiger partial charge in [-0.1, -0.05) is 0 Å². The van der Waals surface area contributed by atoms with E-state index in [1.807, 2.05) is 0 Å². The van der Waals surface area contributed by atoms with Crippen LogP contribution in [0.4, 0.5) is 43.9 Å². The smallest absolute Gasteiger partial charge is 0.208 e. The summed E-state index contributed by atoms with van der Waals surface area (Å²) < 4.78 is 115. The van der Waals surface area contributed by atoms with Gasteiger partial charge in [0.2, 0.25) is 5.92 Å². The van der Waals surface area contributed by atoms with Crippen LogP contribution in [-0.2, 0) is 0 Å². The van der Waals surface area contributed by atoms with Crippen molar-refractivity contribution < 1.29 is 43.9 Å². The first-order valence-corrected chi connectivity index (χ1v) is 3.89. The second-order valence-corrected chi connectivity index (χ2v) is 3.62. The van der Waals surface area contributed by atoms with Gasteiger partial charge in [0, 0.05) is 0 Å². The van der Waals surface area contributed by atoms with Crippen molar-refractivity contribution >= 4 is 0 Å². The first-order valence-electron chi connectivity index (χ1n) is 3.89. The second kappa shape index (κ2) is 3.64. The maximum absolute atomic E-state index is 11.6. The molecule has 0 radical (unpaired) electrons. The molecule has 0 aliphatic heterocycles. The van der Waals surface area contributed by atoms with E-state index in [0.717, 1.165) is 13.8 Å². The van der Waals surface area contributed by atoms with E-state index in [1.165, 1.54) is 0 Å². The van der Waals surface area contributed by atoms with Crippen molar-refractivity contribution in [3.05, 3.63) is 0 Å². The Morgan fingerprint density at radius 3 is 0.647 bits per heavy atom. The monoisotopic (exact) mass is 280 g/mol. The van der Waals surface area contributed by atoms with Crippen molar-refractivity contribution in [1.29, 1.82) is 0 Å². The van der Waals surface area contributed by atoms with Gasteiger partial charge in [-0.2, -0.15) is 35.1 Å². The first kappa shape index (κ1) is 16.3. The van der Waals surface area contributed by atoms with E-state index in [2.05, 4.69) is 0 Å². The van der Waals surface area contributed by atoms with Gasteiger partial charge in [-0.25, -0.2) is 8.78 Å². The molecule has 104 valence electrons. The first-order chi connectivity index (χ1) is 7.00. The fourth-order valence-electron chi connectivity index (χ4n) is 0.726. The van der Waals surface area contributed by atoms with E-state index in [0.29, 0.717) is 0 Å². The minimum atomic E-state index is -5.97. The quantitative estimate of drug-likeness (QED) is 0.583. The summed E-state index contributed by atoms with van der Waals surface area (Å²) in [6, 6.07) is 0. The molecule has 1 aliphatic carbocycles. The van der Waals surface area contributed by atoms with Crippen LogP contribution in [-0.4, -0.2) is 29.6 Å². The van der Waals surface area contributed by atoms with Crippen LogP contribution in [0, 0.1) is 0 Å². The van der Waals surface area contributed by atoms with Gasteiger partial charge < -0.3 is 0 Å². The molecule has 0 aromatic carbocycles. The zero-order chi connectivity index (χ0) is 14.5. The molecule has 0 amide bonds. The van der Waals surface area contributed by atoms with Crippen LogP contribution in [0.15, 0.2) is 0 Å². The zero-order valence-electron chi connectivity index (χ0n) is 8.28. The highest BCUT2D eigenvalue weighted by Crippen LogP contribution is 2.69. The van der Waals surface area contributed by atoms with Crippen molar-refractivity contribution in [3.8, 4) is 0 Å². The molecule has 0 spiro atoms. The van der Waals surface area contributed by atoms with Crippen LogP contribution >= 0.6 is 0 Å². The summed E-state index contributed by atoms with van der Waals surface area (Å²) in [6.45, 7) is 1.71. The van der Waals surface area contributed by atoms with Gasteiger partial charge in [0.05, 0.1) is 0 Å². The Bertz CT molecular complexity index is 216. The van der Waals surface area contributed by atoms with Crippen molar-refractivity contribution in [2.45, 2.75) is 43.5 Å². The maximum atomic E-state index is 11.6. The summed E-state index contributed by atoms with van der Waals surface area (Å²) >= 11 is 0. The molecule has 1 fully saturated rings. The van der Waals surface area contributed by atoms with E-state index in [4.69, 9.17) is 0 Å². The molecule has 1 aliphatic rings. The zero-order valence-corrected chi connectivity index (χ0v) is 8.28. The third-order valence-electron chi connectivity index (χ3n) is 1.58. The Balaban J connectivity index is 0.000000437. The summed E-state index contributed by atoms with van der Waals surface area (Å²) in [5, 5.41) is 0. The standard InChI is InChI=1S/C4F8.C3H6F2/c5-1(6)2(7,8)4(11,12)3(1,9)10;1-3(2,4)5/h;1-2H3. The van der Waals surface area contributed by atoms with Gasteiger partial charge in [0.1, 0.15) is 0 Å². The van der Waals surface area contributed by atoms with Crippen LogP contribution in [0.25, 0.3) is 0 Å². The molecule has 0 saturated heterocycles. The molecule has 0 aromatic rings. The minimum absolute atomic E-state index is 0.854. The molecule has 0 bridgehead atoms. The third-order valence-corrected chi connectivity index (χ3v) is 1.58. The van der Waals surface area contributed by atoms with Gasteiger partial charge >= 0.3 is 23.7 Å². The number of hydrogen-bond donors (Lipinski definition) is 0. The van der Waals surface area contributed by atoms with Crippen LogP contribution in [0.1, 0.15) is 13.8 Å². The molecule has 17 heavy (non-hydrogen) atoms. The fraction of sp³-hybridized carbons (Fsp3) is 1.00. The highest BCUT2D eigenvalue weighted by Gasteiger charge is 3.01. The SMILES string of the molecule is CC(C)(F)F.FC1(F)C(F)(F)C(F)(F)C1(F)F. The summed E-state index contributed by atoms with van der Waals surface area (Å²) in [7, 11) is 0. The predicted molar refractivity (Wildman–Crippen MR) is 36.1 cm³/mol. The Morgan fingerprint density at radius 1 is 0.529 bits per heavy atom. The third kappa shape index (κ3) is 2.17. The van der Waals surface area contributed by atoms with Crippen LogP contribution in [0.2, 0.25) is 0 Å². The molecule has 0 nitrogen and oxygen atoms in total. The molecule has 0 atom stereocenters. The largest absolute Gasteiger partial charge is 0.385 e. The summed E-state index contributed by atoms with van der Waals surface area (Å²) in [5.74, 6) is -26.4. The van der Waals surface area contributed by atoms with E-state index < -0.39 is 29.6 Å². The lowest BCUT2D eigenvalue weighted by atomic mass is 9.80. The molecule has 1 saturated carbocycles. The summed E-state index contributed by atoms with van der Waals surface area (Å²) in [4.78, 5) is 0. The molecular weight excluding hydrogens is 274 g/mol. The number of hydrogen-bond acceptors (Lipinski definition) is 0. The van der Waals surface area contributed by atoms with E-state index in [-0.39, 0.29) is 0 Å². The predicted octanol–water partition coefficient (Wildman–Crippen LogP) is 4.20. The maximum Gasteiger partial charge on any atom is 0.385 e. The van der Waals surface area contributed by atoms with Gasteiger partial charge in [0.25, 0.3) is 0 Å². The molecular formula is C7H6F10. The van der Waals surface area contributed by atoms with Gasteiger partial charge in [-0.15, -0.1) is 0 Å². The fourth-order valence-corrected chi connectivity index (χ4v) is 0.726. The average molecular weight is 280 g/mol. The van der Waals surface area contributed by atoms with Crippen LogP contribution in [0.3, 0.4) is 0 Å². The average Bonchev–Trinajstić information content (AvgIpc) is 1.98. The number of halogens is 10. The number of rotatable bonds is 0. The molecule has 0 heterocycles. The van der Waals surface area contributed by atoms with E-state index >= 15 is 0 Å². The van der Waals surface area contributed by atoms with E-state index in [9.17, 15) is 43.9 Å². The molecule has 0 N–H and O–H groups in total. The minimum Gasteiger partial charge on any atom is -0.208 e. The van der Waals surface area contributed by atoms with Crippen LogP contribution < -0.4 is 0 Å². The molecule has 0 unspecified atom stereocenters. The van der Waals surface area contributed by atoms with Crippen molar-refractivity contribution in [2.24, 2.45) is 0 Å².